The van der Waals surface area contributed by atoms with Crippen LogP contribution in [0, 0.1) is 0 Å². The third-order valence-electron chi connectivity index (χ3n) is 6.45. The van der Waals surface area contributed by atoms with Gasteiger partial charge in [0.2, 0.25) is 0 Å². The summed E-state index contributed by atoms with van der Waals surface area (Å²) in [6.45, 7) is 7.95. The first-order valence-electron chi connectivity index (χ1n) is 12.5. The van der Waals surface area contributed by atoms with Crippen LogP contribution >= 0.6 is 0 Å². The molecule has 8 nitrogen and oxygen atoms in total. The Labute approximate surface area is 212 Å². The molecule has 3 aromatic heterocycles. The zero-order valence-electron chi connectivity index (χ0n) is 21.2. The van der Waals surface area contributed by atoms with Gasteiger partial charge in [0.15, 0.2) is 17.8 Å². The smallest absolute Gasteiger partial charge is 0.367 e. The Morgan fingerprint density at radius 1 is 1.19 bits per heavy atom. The van der Waals surface area contributed by atoms with E-state index < -0.39 is 11.7 Å². The largest absolute Gasteiger partial charge is 0.416 e. The second-order valence-corrected chi connectivity index (χ2v) is 10.3. The van der Waals surface area contributed by atoms with Gasteiger partial charge in [-0.3, -0.25) is 9.50 Å². The van der Waals surface area contributed by atoms with E-state index in [0.29, 0.717) is 47.9 Å². The number of nitrogens with one attached hydrogen (secondary N) is 2. The predicted octanol–water partition coefficient (Wildman–Crippen LogP) is 5.93. The molecule has 1 aliphatic heterocycles. The number of halogens is 3. The highest BCUT2D eigenvalue weighted by Crippen LogP contribution is 2.34. The lowest BCUT2D eigenvalue weighted by Crippen LogP contribution is -2.23. The molecule has 2 N–H and O–H groups in total. The zero-order chi connectivity index (χ0) is 26.2. The maximum Gasteiger partial charge on any atom is 0.416 e. The normalized spacial score (nSPS) is 17.1. The molecule has 198 valence electrons. The fourth-order valence-electron chi connectivity index (χ4n) is 4.38. The number of H-pyrrole nitrogens is 1. The summed E-state index contributed by atoms with van der Waals surface area (Å²) >= 11 is 0. The molecular weight excluding hydrogens is 485 g/mol. The van der Waals surface area contributed by atoms with Gasteiger partial charge in [-0.1, -0.05) is 20.8 Å². The summed E-state index contributed by atoms with van der Waals surface area (Å²) in [5.41, 5.74) is 2.59. The Kier molecular flexibility index (Phi) is 6.84. The van der Waals surface area contributed by atoms with Crippen LogP contribution in [0.2, 0.25) is 0 Å². The molecule has 4 aromatic rings. The van der Waals surface area contributed by atoms with Crippen LogP contribution in [0.25, 0.3) is 28.1 Å². The van der Waals surface area contributed by atoms with Gasteiger partial charge in [0.1, 0.15) is 5.69 Å². The van der Waals surface area contributed by atoms with E-state index in [1.54, 1.807) is 10.6 Å². The average molecular weight is 517 g/mol. The van der Waals surface area contributed by atoms with Crippen molar-refractivity contribution in [2.75, 3.05) is 25.1 Å². The quantitative estimate of drug-likeness (QED) is 0.296. The fraction of sp³-hybridized carbons (Fsp3) is 0.500. The molecule has 0 amide bonds. The molecule has 0 aliphatic carbocycles. The summed E-state index contributed by atoms with van der Waals surface area (Å²) in [7, 11) is 0. The van der Waals surface area contributed by atoms with Crippen molar-refractivity contribution in [1.82, 2.24) is 24.6 Å². The molecule has 0 radical (unpaired) electrons. The summed E-state index contributed by atoms with van der Waals surface area (Å²) in [5.74, 6) is 0.401. The first-order chi connectivity index (χ1) is 17.6. The van der Waals surface area contributed by atoms with Crippen LogP contribution in [0.5, 0.6) is 0 Å². The van der Waals surface area contributed by atoms with Crippen LogP contribution in [0.1, 0.15) is 57.7 Å². The van der Waals surface area contributed by atoms with E-state index in [1.165, 1.54) is 6.07 Å². The van der Waals surface area contributed by atoms with Crippen LogP contribution in [0.3, 0.4) is 0 Å². The standard InChI is InChI=1S/C26H31F3N6O2/c1-25(2,3)21-14-18(33-34-21)20-15-31-24-23(30-10-6-12-37-22-7-4-5-11-36-22)32-17-13-16(26(27,28)29)8-9-19(17)35(20)24/h8-9,13-15,22H,4-7,10-12H2,1-3H3,(H,30,32)(H,33,34). The first kappa shape index (κ1) is 25.5. The van der Waals surface area contributed by atoms with E-state index in [1.807, 2.05) is 6.07 Å². The number of anilines is 1. The Hall–Kier alpha value is -3.18. The van der Waals surface area contributed by atoms with Crippen LogP contribution < -0.4 is 5.32 Å². The van der Waals surface area contributed by atoms with Crippen molar-refractivity contribution in [3.8, 4) is 11.4 Å². The SMILES string of the molecule is CC(C)(C)c1cc(-c2cnc3c(NCCCOC4CCCCO4)nc4cc(C(F)(F)F)ccc4n23)n[nH]1. The second-order valence-electron chi connectivity index (χ2n) is 10.3. The van der Waals surface area contributed by atoms with Crippen molar-refractivity contribution in [3.63, 3.8) is 0 Å². The summed E-state index contributed by atoms with van der Waals surface area (Å²) in [6.07, 6.45) is 0.755. The number of nitrogens with zero attached hydrogens (tertiary/aromatic N) is 4. The molecule has 1 atom stereocenters. The minimum atomic E-state index is -4.47. The lowest BCUT2D eigenvalue weighted by Gasteiger charge is -2.22. The minimum Gasteiger partial charge on any atom is -0.367 e. The van der Waals surface area contributed by atoms with Gasteiger partial charge in [-0.2, -0.15) is 18.3 Å². The highest BCUT2D eigenvalue weighted by atomic mass is 19.4. The summed E-state index contributed by atoms with van der Waals surface area (Å²) in [5, 5.41) is 10.8. The van der Waals surface area contributed by atoms with Crippen molar-refractivity contribution >= 4 is 22.5 Å². The number of aromatic amines is 1. The van der Waals surface area contributed by atoms with Crippen molar-refractivity contribution in [2.45, 2.75) is 64.3 Å². The van der Waals surface area contributed by atoms with Crippen LogP contribution in [0.4, 0.5) is 19.0 Å². The van der Waals surface area contributed by atoms with E-state index in [-0.39, 0.29) is 17.2 Å². The number of hydrogen-bond donors (Lipinski definition) is 2. The van der Waals surface area contributed by atoms with E-state index in [0.717, 1.165) is 43.7 Å². The number of aromatic nitrogens is 5. The number of fused-ring (bicyclic) bond motifs is 3. The van der Waals surface area contributed by atoms with Gasteiger partial charge in [-0.15, -0.1) is 0 Å². The van der Waals surface area contributed by atoms with Gasteiger partial charge in [0, 0.05) is 24.3 Å². The van der Waals surface area contributed by atoms with Gasteiger partial charge in [0.25, 0.3) is 0 Å². The number of alkyl halides is 3. The topological polar surface area (TPSA) is 89.4 Å². The van der Waals surface area contributed by atoms with Gasteiger partial charge >= 0.3 is 6.18 Å². The molecule has 0 saturated carbocycles. The molecule has 5 rings (SSSR count). The van der Waals surface area contributed by atoms with E-state index in [9.17, 15) is 13.2 Å². The molecule has 37 heavy (non-hydrogen) atoms. The molecule has 11 heteroatoms. The first-order valence-corrected chi connectivity index (χ1v) is 12.5. The molecule has 0 bridgehead atoms. The number of benzene rings is 1. The Balaban J connectivity index is 1.47. The zero-order valence-corrected chi connectivity index (χ0v) is 21.2. The van der Waals surface area contributed by atoms with Crippen LogP contribution in [-0.2, 0) is 21.1 Å². The van der Waals surface area contributed by atoms with E-state index >= 15 is 0 Å². The van der Waals surface area contributed by atoms with Crippen molar-refractivity contribution in [3.05, 3.63) is 41.7 Å². The van der Waals surface area contributed by atoms with Crippen LogP contribution in [0.15, 0.2) is 30.5 Å². The lowest BCUT2D eigenvalue weighted by atomic mass is 9.92. The Morgan fingerprint density at radius 3 is 2.73 bits per heavy atom. The minimum absolute atomic E-state index is 0.144. The summed E-state index contributed by atoms with van der Waals surface area (Å²) in [4.78, 5) is 9.10. The monoisotopic (exact) mass is 516 g/mol. The molecule has 4 heterocycles. The number of rotatable bonds is 7. The molecule has 1 fully saturated rings. The molecule has 1 aliphatic rings. The highest BCUT2D eigenvalue weighted by Gasteiger charge is 2.31. The third-order valence-corrected chi connectivity index (χ3v) is 6.45. The second kappa shape index (κ2) is 9.94. The molecule has 1 saturated heterocycles. The molecular formula is C26H31F3N6O2. The predicted molar refractivity (Wildman–Crippen MR) is 134 cm³/mol. The summed E-state index contributed by atoms with van der Waals surface area (Å²) in [6, 6.07) is 5.51. The van der Waals surface area contributed by atoms with Crippen molar-refractivity contribution in [2.24, 2.45) is 0 Å². The number of imidazole rings is 1. The molecule has 1 aromatic carbocycles. The van der Waals surface area contributed by atoms with Gasteiger partial charge in [-0.25, -0.2) is 9.97 Å². The van der Waals surface area contributed by atoms with Crippen LogP contribution in [-0.4, -0.2) is 50.6 Å². The third kappa shape index (κ3) is 5.42. The average Bonchev–Trinajstić information content (AvgIpc) is 3.51. The van der Waals surface area contributed by atoms with E-state index in [2.05, 4.69) is 46.3 Å². The number of ether oxygens (including phenoxy) is 2. The fourth-order valence-corrected chi connectivity index (χ4v) is 4.38. The maximum absolute atomic E-state index is 13.5. The molecule has 0 spiro atoms. The van der Waals surface area contributed by atoms with Crippen molar-refractivity contribution < 1.29 is 22.6 Å². The van der Waals surface area contributed by atoms with Gasteiger partial charge in [0.05, 0.1) is 35.1 Å². The Bertz CT molecular complexity index is 1380. The van der Waals surface area contributed by atoms with Gasteiger partial charge < -0.3 is 14.8 Å². The van der Waals surface area contributed by atoms with Crippen molar-refractivity contribution in [1.29, 1.82) is 0 Å². The molecule has 1 unspecified atom stereocenters. The van der Waals surface area contributed by atoms with Gasteiger partial charge in [-0.05, 0) is 49.9 Å². The van der Waals surface area contributed by atoms with E-state index in [4.69, 9.17) is 9.47 Å². The summed E-state index contributed by atoms with van der Waals surface area (Å²) < 4.78 is 53.6. The highest BCUT2D eigenvalue weighted by molar-refractivity contribution is 5.86. The number of hydrogen-bond acceptors (Lipinski definition) is 6. The maximum atomic E-state index is 13.5. The lowest BCUT2D eigenvalue weighted by molar-refractivity contribution is -0.162. The Morgan fingerprint density at radius 2 is 2.03 bits per heavy atom.